The third kappa shape index (κ3) is 8.68. The van der Waals surface area contributed by atoms with E-state index in [0.717, 1.165) is 33.7 Å². The molecule has 0 aliphatic rings. The molecule has 0 aliphatic heterocycles. The van der Waals surface area contributed by atoms with Crippen molar-refractivity contribution in [2.75, 3.05) is 17.1 Å². The van der Waals surface area contributed by atoms with Gasteiger partial charge in [0.15, 0.2) is 0 Å². The van der Waals surface area contributed by atoms with Gasteiger partial charge in [-0.1, -0.05) is 93.6 Å². The molecular weight excluding hydrogens is 522 g/mol. The van der Waals surface area contributed by atoms with Crippen LogP contribution in [0.15, 0.2) is 84.9 Å². The number of hydrogen-bond donors (Lipinski definition) is 1. The van der Waals surface area contributed by atoms with Crippen LogP contribution in [0, 0.1) is 0 Å². The topological polar surface area (TPSA) is 86.8 Å². The zero-order valence-electron chi connectivity index (χ0n) is 24.1. The second kappa shape index (κ2) is 14.1. The molecule has 0 aromatic heterocycles. The SMILES string of the molecule is CC[C@@H](C)NC(=O)[C@H](Cc1ccccc1)N(Cc1ccccc1)C(=O)CN(c1ccc(C(C)C)cc1)S(C)(=O)=O. The van der Waals surface area contributed by atoms with Gasteiger partial charge in [0.25, 0.3) is 0 Å². The third-order valence-corrected chi connectivity index (χ3v) is 8.14. The van der Waals surface area contributed by atoms with E-state index in [1.807, 2.05) is 86.6 Å². The van der Waals surface area contributed by atoms with Crippen LogP contribution in [0.3, 0.4) is 0 Å². The quantitative estimate of drug-likeness (QED) is 0.312. The normalized spacial score (nSPS) is 12.9. The lowest BCUT2D eigenvalue weighted by Crippen LogP contribution is -2.54. The number of rotatable bonds is 13. The molecule has 8 heteroatoms. The van der Waals surface area contributed by atoms with Crippen molar-refractivity contribution >= 4 is 27.5 Å². The molecule has 0 spiro atoms. The van der Waals surface area contributed by atoms with Crippen LogP contribution in [0.1, 0.15) is 56.7 Å². The first kappa shape index (κ1) is 30.9. The van der Waals surface area contributed by atoms with Gasteiger partial charge in [-0.05, 0) is 48.1 Å². The third-order valence-electron chi connectivity index (χ3n) is 6.99. The highest BCUT2D eigenvalue weighted by Gasteiger charge is 2.33. The van der Waals surface area contributed by atoms with Gasteiger partial charge in [-0.2, -0.15) is 0 Å². The fraction of sp³-hybridized carbons (Fsp3) is 0.375. The van der Waals surface area contributed by atoms with Crippen molar-refractivity contribution in [2.24, 2.45) is 0 Å². The number of carbonyl (C=O) groups is 2. The summed E-state index contributed by atoms with van der Waals surface area (Å²) in [5.41, 5.74) is 3.22. The summed E-state index contributed by atoms with van der Waals surface area (Å²) in [6.45, 7) is 7.77. The second-order valence-electron chi connectivity index (χ2n) is 10.5. The van der Waals surface area contributed by atoms with E-state index in [1.54, 1.807) is 12.1 Å². The predicted molar refractivity (Wildman–Crippen MR) is 162 cm³/mol. The summed E-state index contributed by atoms with van der Waals surface area (Å²) in [7, 11) is -3.80. The molecule has 40 heavy (non-hydrogen) atoms. The van der Waals surface area contributed by atoms with Gasteiger partial charge in [-0.25, -0.2) is 8.42 Å². The molecule has 214 valence electrons. The van der Waals surface area contributed by atoms with Gasteiger partial charge in [0.1, 0.15) is 12.6 Å². The minimum atomic E-state index is -3.80. The van der Waals surface area contributed by atoms with Crippen molar-refractivity contribution in [1.29, 1.82) is 0 Å². The summed E-state index contributed by atoms with van der Waals surface area (Å²) in [5.74, 6) is -0.441. The van der Waals surface area contributed by atoms with Crippen molar-refractivity contribution in [3.8, 4) is 0 Å². The Morgan fingerprint density at radius 3 is 1.88 bits per heavy atom. The van der Waals surface area contributed by atoms with Crippen molar-refractivity contribution in [1.82, 2.24) is 10.2 Å². The number of amides is 2. The smallest absolute Gasteiger partial charge is 0.244 e. The van der Waals surface area contributed by atoms with Crippen LogP contribution in [0.5, 0.6) is 0 Å². The van der Waals surface area contributed by atoms with E-state index in [2.05, 4.69) is 19.2 Å². The van der Waals surface area contributed by atoms with E-state index >= 15 is 0 Å². The Hall–Kier alpha value is -3.65. The average molecular weight is 564 g/mol. The van der Waals surface area contributed by atoms with Crippen LogP contribution in [-0.4, -0.2) is 50.0 Å². The maximum Gasteiger partial charge on any atom is 0.244 e. The van der Waals surface area contributed by atoms with Gasteiger partial charge < -0.3 is 10.2 Å². The Bertz CT molecular complexity index is 1340. The highest BCUT2D eigenvalue weighted by atomic mass is 32.2. The summed E-state index contributed by atoms with van der Waals surface area (Å²) in [6, 6.07) is 25.3. The van der Waals surface area contributed by atoms with Gasteiger partial charge in [-0.3, -0.25) is 13.9 Å². The molecule has 0 saturated carbocycles. The van der Waals surface area contributed by atoms with Crippen LogP contribution < -0.4 is 9.62 Å². The lowest BCUT2D eigenvalue weighted by atomic mass is 10.0. The number of anilines is 1. The van der Waals surface area contributed by atoms with Crippen molar-refractivity contribution in [2.45, 2.75) is 65.1 Å². The van der Waals surface area contributed by atoms with E-state index < -0.39 is 28.5 Å². The summed E-state index contributed by atoms with van der Waals surface area (Å²) in [5, 5.41) is 3.04. The molecule has 0 saturated heterocycles. The van der Waals surface area contributed by atoms with Crippen LogP contribution in [0.4, 0.5) is 5.69 Å². The molecule has 3 rings (SSSR count). The Kier molecular flexibility index (Phi) is 10.9. The van der Waals surface area contributed by atoms with E-state index in [4.69, 9.17) is 0 Å². The van der Waals surface area contributed by atoms with Crippen LogP contribution >= 0.6 is 0 Å². The lowest BCUT2D eigenvalue weighted by Gasteiger charge is -2.34. The van der Waals surface area contributed by atoms with E-state index in [0.29, 0.717) is 12.1 Å². The van der Waals surface area contributed by atoms with E-state index in [1.165, 1.54) is 4.90 Å². The lowest BCUT2D eigenvalue weighted by molar-refractivity contribution is -0.140. The minimum Gasteiger partial charge on any atom is -0.352 e. The first-order valence-corrected chi connectivity index (χ1v) is 15.6. The monoisotopic (exact) mass is 563 g/mol. The maximum atomic E-state index is 14.1. The number of benzene rings is 3. The summed E-state index contributed by atoms with van der Waals surface area (Å²) < 4.78 is 27.0. The fourth-order valence-corrected chi connectivity index (χ4v) is 5.26. The molecule has 0 bridgehead atoms. The molecule has 0 aliphatic carbocycles. The summed E-state index contributed by atoms with van der Waals surface area (Å²) in [6.07, 6.45) is 2.13. The molecule has 2 atom stereocenters. The molecule has 0 heterocycles. The van der Waals surface area contributed by atoms with E-state index in [9.17, 15) is 18.0 Å². The Morgan fingerprint density at radius 2 is 1.38 bits per heavy atom. The highest BCUT2D eigenvalue weighted by Crippen LogP contribution is 2.23. The predicted octanol–water partition coefficient (Wildman–Crippen LogP) is 5.13. The number of nitrogens with zero attached hydrogens (tertiary/aromatic N) is 2. The van der Waals surface area contributed by atoms with Crippen molar-refractivity contribution in [3.63, 3.8) is 0 Å². The van der Waals surface area contributed by atoms with Gasteiger partial charge in [-0.15, -0.1) is 0 Å². The average Bonchev–Trinajstić information content (AvgIpc) is 2.93. The summed E-state index contributed by atoms with van der Waals surface area (Å²) >= 11 is 0. The molecule has 1 N–H and O–H groups in total. The molecule has 0 unspecified atom stereocenters. The van der Waals surface area contributed by atoms with Gasteiger partial charge in [0, 0.05) is 19.0 Å². The first-order valence-electron chi connectivity index (χ1n) is 13.7. The Balaban J connectivity index is 2.02. The van der Waals surface area contributed by atoms with Gasteiger partial charge >= 0.3 is 0 Å². The maximum absolute atomic E-state index is 14.1. The van der Waals surface area contributed by atoms with Gasteiger partial charge in [0.05, 0.1) is 11.9 Å². The largest absolute Gasteiger partial charge is 0.352 e. The second-order valence-corrected chi connectivity index (χ2v) is 12.5. The Morgan fingerprint density at radius 1 is 0.825 bits per heavy atom. The molecule has 3 aromatic carbocycles. The highest BCUT2D eigenvalue weighted by molar-refractivity contribution is 7.92. The van der Waals surface area contributed by atoms with E-state index in [-0.39, 0.29) is 24.4 Å². The molecule has 7 nitrogen and oxygen atoms in total. The molecule has 3 aromatic rings. The molecule has 2 amide bonds. The van der Waals surface area contributed by atoms with Crippen LogP contribution in [-0.2, 0) is 32.6 Å². The van der Waals surface area contributed by atoms with Crippen LogP contribution in [0.25, 0.3) is 0 Å². The molecule has 0 fully saturated rings. The zero-order chi connectivity index (χ0) is 29.3. The molecular formula is C32H41N3O4S. The van der Waals surface area contributed by atoms with Crippen molar-refractivity contribution in [3.05, 3.63) is 102 Å². The summed E-state index contributed by atoms with van der Waals surface area (Å²) in [4.78, 5) is 29.3. The number of sulfonamides is 1. The standard InChI is InChI=1S/C32H41N3O4S/c1-6-25(4)33-32(37)30(21-26-13-9-7-10-14-26)34(22-27-15-11-8-12-16-27)31(36)23-35(40(5,38)39)29-19-17-28(18-20-29)24(2)3/h7-20,24-25,30H,6,21-23H2,1-5H3,(H,33,37)/t25-,30+/m1/s1. The number of hydrogen-bond acceptors (Lipinski definition) is 4. The number of carbonyl (C=O) groups excluding carboxylic acids is 2. The first-order chi connectivity index (χ1) is 19.0. The number of nitrogens with one attached hydrogen (secondary N) is 1. The zero-order valence-corrected chi connectivity index (χ0v) is 24.9. The molecule has 0 radical (unpaired) electrons. The Labute approximate surface area is 239 Å². The van der Waals surface area contributed by atoms with Crippen molar-refractivity contribution < 1.29 is 18.0 Å². The van der Waals surface area contributed by atoms with Crippen LogP contribution in [0.2, 0.25) is 0 Å². The fourth-order valence-electron chi connectivity index (χ4n) is 4.41. The van der Waals surface area contributed by atoms with Gasteiger partial charge in [0.2, 0.25) is 21.8 Å². The minimum absolute atomic E-state index is 0.0774.